The van der Waals surface area contributed by atoms with E-state index in [1.54, 1.807) is 0 Å². The molecule has 1 aromatic carbocycles. The second-order valence-corrected chi connectivity index (χ2v) is 4.91. The van der Waals surface area contributed by atoms with Crippen LogP contribution < -0.4 is 0 Å². The highest BCUT2D eigenvalue weighted by atomic mass is 19.1. The fourth-order valence-electron chi connectivity index (χ4n) is 2.52. The third-order valence-electron chi connectivity index (χ3n) is 3.63. The van der Waals surface area contributed by atoms with Gasteiger partial charge in [0.2, 0.25) is 0 Å². The van der Waals surface area contributed by atoms with Crippen molar-refractivity contribution in [2.45, 2.75) is 31.8 Å². The number of aromatic carboxylic acids is 1. The fraction of sp³-hybridized carbons (Fsp3) is 0.500. The van der Waals surface area contributed by atoms with Gasteiger partial charge >= 0.3 is 5.97 Å². The zero-order valence-corrected chi connectivity index (χ0v) is 10.7. The monoisotopic (exact) mass is 267 g/mol. The number of halogens is 1. The van der Waals surface area contributed by atoms with E-state index in [2.05, 4.69) is 0 Å². The van der Waals surface area contributed by atoms with Gasteiger partial charge in [-0.1, -0.05) is 6.42 Å². The third kappa shape index (κ3) is 3.30. The fourth-order valence-corrected chi connectivity index (χ4v) is 2.52. The Bertz CT molecular complexity index is 464. The number of likely N-dealkylation sites (tertiary alicyclic amines) is 1. The van der Waals surface area contributed by atoms with Gasteiger partial charge < -0.3 is 10.2 Å². The standard InChI is InChI=1S/C14H18FNO3/c15-13-5-4-10(14(18)19)7-11(13)8-16-6-2-1-3-12(16)9-17/h4-5,7,12,17H,1-3,6,8-9H2,(H,18,19). The van der Waals surface area contributed by atoms with Gasteiger partial charge in [-0.05, 0) is 37.6 Å². The van der Waals surface area contributed by atoms with Crippen LogP contribution in [0.4, 0.5) is 4.39 Å². The molecule has 2 rings (SSSR count). The Morgan fingerprint density at radius 2 is 2.21 bits per heavy atom. The van der Waals surface area contributed by atoms with E-state index in [4.69, 9.17) is 5.11 Å². The molecule has 0 saturated carbocycles. The van der Waals surface area contributed by atoms with Crippen LogP contribution in [0, 0.1) is 5.82 Å². The zero-order valence-electron chi connectivity index (χ0n) is 10.7. The molecule has 104 valence electrons. The van der Waals surface area contributed by atoms with Gasteiger partial charge in [0.1, 0.15) is 5.82 Å². The lowest BCUT2D eigenvalue weighted by Crippen LogP contribution is -2.41. The Labute approximate surface area is 111 Å². The Morgan fingerprint density at radius 1 is 1.42 bits per heavy atom. The first-order chi connectivity index (χ1) is 9.11. The molecule has 1 aliphatic heterocycles. The number of carboxylic acid groups (broad SMARTS) is 1. The van der Waals surface area contributed by atoms with E-state index in [0.717, 1.165) is 25.8 Å². The maximum atomic E-state index is 13.7. The quantitative estimate of drug-likeness (QED) is 0.874. The Balaban J connectivity index is 2.17. The van der Waals surface area contributed by atoms with Crippen molar-refractivity contribution in [3.63, 3.8) is 0 Å². The first-order valence-electron chi connectivity index (χ1n) is 6.48. The maximum absolute atomic E-state index is 13.7. The van der Waals surface area contributed by atoms with Crippen molar-refractivity contribution in [2.24, 2.45) is 0 Å². The van der Waals surface area contributed by atoms with Gasteiger partial charge in [0.05, 0.1) is 12.2 Å². The lowest BCUT2D eigenvalue weighted by atomic mass is 10.0. The summed E-state index contributed by atoms with van der Waals surface area (Å²) < 4.78 is 13.7. The van der Waals surface area contributed by atoms with Crippen LogP contribution in [0.1, 0.15) is 35.2 Å². The summed E-state index contributed by atoms with van der Waals surface area (Å²) in [5, 5.41) is 18.3. The molecule has 1 heterocycles. The average Bonchev–Trinajstić information content (AvgIpc) is 2.41. The number of aliphatic hydroxyl groups is 1. The zero-order chi connectivity index (χ0) is 13.8. The van der Waals surface area contributed by atoms with Crippen molar-refractivity contribution < 1.29 is 19.4 Å². The number of benzene rings is 1. The summed E-state index contributed by atoms with van der Waals surface area (Å²) in [6.07, 6.45) is 2.99. The summed E-state index contributed by atoms with van der Waals surface area (Å²) in [6, 6.07) is 3.87. The molecule has 1 saturated heterocycles. The number of hydrogen-bond donors (Lipinski definition) is 2. The first kappa shape index (κ1) is 14.0. The third-order valence-corrected chi connectivity index (χ3v) is 3.63. The van der Waals surface area contributed by atoms with Gasteiger partial charge in [0.15, 0.2) is 0 Å². The number of aliphatic hydroxyl groups excluding tert-OH is 1. The Hall–Kier alpha value is -1.46. The van der Waals surface area contributed by atoms with Gasteiger partial charge in [-0.25, -0.2) is 9.18 Å². The van der Waals surface area contributed by atoms with Crippen molar-refractivity contribution in [2.75, 3.05) is 13.2 Å². The number of rotatable bonds is 4. The number of piperidine rings is 1. The molecule has 0 amide bonds. The van der Waals surface area contributed by atoms with E-state index in [1.807, 2.05) is 4.90 Å². The first-order valence-corrected chi connectivity index (χ1v) is 6.48. The largest absolute Gasteiger partial charge is 0.478 e. The van der Waals surface area contributed by atoms with E-state index in [1.165, 1.54) is 18.2 Å². The van der Waals surface area contributed by atoms with Crippen molar-refractivity contribution in [1.82, 2.24) is 4.90 Å². The predicted octanol–water partition coefficient (Wildman–Crippen LogP) is 1.87. The van der Waals surface area contributed by atoms with Gasteiger partial charge in [0, 0.05) is 18.2 Å². The normalized spacial score (nSPS) is 20.4. The van der Waals surface area contributed by atoms with Crippen LogP contribution in [-0.2, 0) is 6.54 Å². The van der Waals surface area contributed by atoms with Crippen LogP contribution in [-0.4, -0.2) is 40.3 Å². The molecule has 2 N–H and O–H groups in total. The molecule has 1 atom stereocenters. The minimum Gasteiger partial charge on any atom is -0.478 e. The summed E-state index contributed by atoms with van der Waals surface area (Å²) in [5.41, 5.74) is 0.467. The van der Waals surface area contributed by atoms with Crippen LogP contribution in [0.3, 0.4) is 0 Å². The summed E-state index contributed by atoms with van der Waals surface area (Å²) in [4.78, 5) is 12.9. The van der Waals surface area contributed by atoms with E-state index in [0.29, 0.717) is 12.1 Å². The summed E-state index contributed by atoms with van der Waals surface area (Å²) in [6.45, 7) is 1.21. The van der Waals surface area contributed by atoms with E-state index < -0.39 is 11.8 Å². The second-order valence-electron chi connectivity index (χ2n) is 4.91. The van der Waals surface area contributed by atoms with Crippen LogP contribution in [0.5, 0.6) is 0 Å². The molecule has 0 bridgehead atoms. The molecule has 4 nitrogen and oxygen atoms in total. The topological polar surface area (TPSA) is 60.8 Å². The second kappa shape index (κ2) is 6.12. The van der Waals surface area contributed by atoms with E-state index in [-0.39, 0.29) is 18.2 Å². The minimum atomic E-state index is -1.06. The molecule has 19 heavy (non-hydrogen) atoms. The van der Waals surface area contributed by atoms with Gasteiger partial charge in [-0.15, -0.1) is 0 Å². The highest BCUT2D eigenvalue weighted by Gasteiger charge is 2.22. The Morgan fingerprint density at radius 3 is 2.89 bits per heavy atom. The summed E-state index contributed by atoms with van der Waals surface area (Å²) in [7, 11) is 0. The lowest BCUT2D eigenvalue weighted by molar-refractivity contribution is 0.0695. The highest BCUT2D eigenvalue weighted by molar-refractivity contribution is 5.87. The molecule has 0 spiro atoms. The van der Waals surface area contributed by atoms with Gasteiger partial charge in [-0.3, -0.25) is 4.90 Å². The molecule has 0 aliphatic carbocycles. The number of hydrogen-bond acceptors (Lipinski definition) is 3. The molecule has 1 unspecified atom stereocenters. The van der Waals surface area contributed by atoms with Crippen molar-refractivity contribution in [1.29, 1.82) is 0 Å². The van der Waals surface area contributed by atoms with Crippen molar-refractivity contribution in [3.8, 4) is 0 Å². The van der Waals surface area contributed by atoms with Crippen LogP contribution in [0.2, 0.25) is 0 Å². The molecule has 5 heteroatoms. The molecule has 0 aromatic heterocycles. The van der Waals surface area contributed by atoms with Crippen LogP contribution in [0.25, 0.3) is 0 Å². The molecular formula is C14H18FNO3. The van der Waals surface area contributed by atoms with Crippen LogP contribution >= 0.6 is 0 Å². The van der Waals surface area contributed by atoms with Gasteiger partial charge in [0.25, 0.3) is 0 Å². The summed E-state index contributed by atoms with van der Waals surface area (Å²) >= 11 is 0. The van der Waals surface area contributed by atoms with E-state index >= 15 is 0 Å². The highest BCUT2D eigenvalue weighted by Crippen LogP contribution is 2.21. The average molecular weight is 267 g/mol. The predicted molar refractivity (Wildman–Crippen MR) is 68.5 cm³/mol. The lowest BCUT2D eigenvalue weighted by Gasteiger charge is -2.34. The van der Waals surface area contributed by atoms with Crippen molar-refractivity contribution >= 4 is 5.97 Å². The SMILES string of the molecule is O=C(O)c1ccc(F)c(CN2CCCCC2CO)c1. The van der Waals surface area contributed by atoms with E-state index in [9.17, 15) is 14.3 Å². The molecule has 1 aliphatic rings. The molecule has 1 fully saturated rings. The molecule has 1 aromatic rings. The number of carbonyl (C=O) groups is 1. The minimum absolute atomic E-state index is 0.0432. The molecule has 0 radical (unpaired) electrons. The smallest absolute Gasteiger partial charge is 0.335 e. The van der Waals surface area contributed by atoms with Crippen molar-refractivity contribution in [3.05, 3.63) is 35.1 Å². The van der Waals surface area contributed by atoms with Gasteiger partial charge in [-0.2, -0.15) is 0 Å². The van der Waals surface area contributed by atoms with Crippen LogP contribution in [0.15, 0.2) is 18.2 Å². The molecular weight excluding hydrogens is 249 g/mol. The maximum Gasteiger partial charge on any atom is 0.335 e. The summed E-state index contributed by atoms with van der Waals surface area (Å²) in [5.74, 6) is -1.45. The number of nitrogens with zero attached hydrogens (tertiary/aromatic N) is 1. The number of carboxylic acids is 1. The Kier molecular flexibility index (Phi) is 4.50.